The second-order valence-corrected chi connectivity index (χ2v) is 16.0. The first-order valence-electron chi connectivity index (χ1n) is 21.2. The first-order chi connectivity index (χ1) is 30.7. The summed E-state index contributed by atoms with van der Waals surface area (Å²) in [6.45, 7) is 0. The van der Waals surface area contributed by atoms with Crippen molar-refractivity contribution in [1.82, 2.24) is 0 Å². The normalized spacial score (nSPS) is 11.5. The van der Waals surface area contributed by atoms with Crippen LogP contribution in [0, 0.1) is 0 Å². The summed E-state index contributed by atoms with van der Waals surface area (Å²) in [6, 6.07) is 85.5. The lowest BCUT2D eigenvalue weighted by Crippen LogP contribution is -2.10. The van der Waals surface area contributed by atoms with E-state index in [4.69, 9.17) is 4.42 Å². The Kier molecular flexibility index (Phi) is 8.53. The third-order valence-electron chi connectivity index (χ3n) is 12.4. The molecule has 12 rings (SSSR count). The molecule has 0 saturated heterocycles. The van der Waals surface area contributed by atoms with Crippen LogP contribution in [0.4, 0.5) is 17.1 Å². The fourth-order valence-electron chi connectivity index (χ4n) is 9.60. The van der Waals surface area contributed by atoms with Gasteiger partial charge in [0.15, 0.2) is 0 Å². The summed E-state index contributed by atoms with van der Waals surface area (Å²) in [5.41, 5.74) is 14.5. The van der Waals surface area contributed by atoms with Crippen LogP contribution in [-0.2, 0) is 0 Å². The first kappa shape index (κ1) is 35.7. The summed E-state index contributed by atoms with van der Waals surface area (Å²) in [5.74, 6) is 0. The van der Waals surface area contributed by atoms with Crippen molar-refractivity contribution in [3.63, 3.8) is 0 Å². The van der Waals surface area contributed by atoms with Gasteiger partial charge in [-0.3, -0.25) is 0 Å². The number of benzene rings is 11. The highest BCUT2D eigenvalue weighted by atomic mass is 16.3. The van der Waals surface area contributed by atoms with Crippen molar-refractivity contribution in [2.45, 2.75) is 0 Å². The number of anilines is 3. The third-order valence-corrected chi connectivity index (χ3v) is 12.4. The molecular formula is C60H39NO. The van der Waals surface area contributed by atoms with Gasteiger partial charge in [-0.05, 0) is 125 Å². The molecule has 0 aliphatic heterocycles. The van der Waals surface area contributed by atoms with Gasteiger partial charge in [-0.15, -0.1) is 0 Å². The van der Waals surface area contributed by atoms with Crippen molar-refractivity contribution in [3.05, 3.63) is 237 Å². The highest BCUT2D eigenvalue weighted by molar-refractivity contribution is 6.22. The zero-order valence-corrected chi connectivity index (χ0v) is 33.9. The number of nitrogens with zero attached hydrogens (tertiary/aromatic N) is 1. The Morgan fingerprint density at radius 2 is 0.758 bits per heavy atom. The summed E-state index contributed by atoms with van der Waals surface area (Å²) in [4.78, 5) is 2.36. The van der Waals surface area contributed by atoms with Crippen molar-refractivity contribution in [3.8, 4) is 44.5 Å². The molecule has 0 saturated carbocycles. The number of para-hydroxylation sites is 1. The molecule has 1 aromatic heterocycles. The van der Waals surface area contributed by atoms with Gasteiger partial charge >= 0.3 is 0 Å². The van der Waals surface area contributed by atoms with E-state index in [2.05, 4.69) is 229 Å². The molecule has 2 heteroatoms. The number of hydrogen-bond donors (Lipinski definition) is 0. The van der Waals surface area contributed by atoms with Gasteiger partial charge in [0.2, 0.25) is 0 Å². The predicted octanol–water partition coefficient (Wildman–Crippen LogP) is 17.2. The fourth-order valence-corrected chi connectivity index (χ4v) is 9.60. The summed E-state index contributed by atoms with van der Waals surface area (Å²) in [7, 11) is 0. The van der Waals surface area contributed by atoms with Crippen LogP contribution >= 0.6 is 0 Å². The standard InChI is InChI=1S/C60H39NO/c1-3-17-41(18-4-1)59-55-29-10-9-27-51(55)52-34-32-44(38-56(52)60(59)42-19-5-2-6-20-42)43-22-13-24-46(36-43)61(48-33-35-54-53-28-11-12-31-57(53)62-58(54)39-48)47-25-14-23-45(37-47)50-30-15-21-40-16-7-8-26-49(40)50/h1-39H. The van der Waals surface area contributed by atoms with E-state index in [9.17, 15) is 0 Å². The zero-order chi connectivity index (χ0) is 41.0. The van der Waals surface area contributed by atoms with Crippen LogP contribution in [0.3, 0.4) is 0 Å². The Morgan fingerprint density at radius 1 is 0.258 bits per heavy atom. The quantitative estimate of drug-likeness (QED) is 0.150. The number of fused-ring (bicyclic) bond motifs is 7. The maximum Gasteiger partial charge on any atom is 0.137 e. The Balaban J connectivity index is 1.06. The maximum absolute atomic E-state index is 6.48. The largest absolute Gasteiger partial charge is 0.456 e. The van der Waals surface area contributed by atoms with Crippen molar-refractivity contribution >= 4 is 71.3 Å². The molecule has 0 spiro atoms. The second-order valence-electron chi connectivity index (χ2n) is 16.0. The first-order valence-corrected chi connectivity index (χ1v) is 21.2. The smallest absolute Gasteiger partial charge is 0.137 e. The van der Waals surface area contributed by atoms with Gasteiger partial charge in [0, 0.05) is 33.9 Å². The van der Waals surface area contributed by atoms with Crippen molar-refractivity contribution in [2.75, 3.05) is 4.90 Å². The van der Waals surface area contributed by atoms with E-state index in [0.717, 1.165) is 55.7 Å². The van der Waals surface area contributed by atoms with Crippen molar-refractivity contribution < 1.29 is 4.42 Å². The van der Waals surface area contributed by atoms with E-state index in [-0.39, 0.29) is 0 Å². The molecule has 2 nitrogen and oxygen atoms in total. The Hall–Kier alpha value is -8.20. The van der Waals surface area contributed by atoms with Gasteiger partial charge in [-0.2, -0.15) is 0 Å². The predicted molar refractivity (Wildman–Crippen MR) is 263 cm³/mol. The van der Waals surface area contributed by atoms with Gasteiger partial charge in [0.25, 0.3) is 0 Å². The molecule has 0 aliphatic carbocycles. The van der Waals surface area contributed by atoms with Crippen LogP contribution in [-0.4, -0.2) is 0 Å². The van der Waals surface area contributed by atoms with Gasteiger partial charge in [-0.25, -0.2) is 0 Å². The molecule has 0 amide bonds. The minimum atomic E-state index is 0.861. The lowest BCUT2D eigenvalue weighted by Gasteiger charge is -2.26. The van der Waals surface area contributed by atoms with Gasteiger partial charge in [0.1, 0.15) is 11.2 Å². The number of hydrogen-bond acceptors (Lipinski definition) is 2. The molecule has 11 aromatic carbocycles. The van der Waals surface area contributed by atoms with E-state index in [1.807, 2.05) is 12.1 Å². The van der Waals surface area contributed by atoms with Crippen LogP contribution in [0.5, 0.6) is 0 Å². The average molecular weight is 790 g/mol. The lowest BCUT2D eigenvalue weighted by molar-refractivity contribution is 0.669. The topological polar surface area (TPSA) is 16.4 Å². The van der Waals surface area contributed by atoms with Crippen LogP contribution in [0.2, 0.25) is 0 Å². The Bertz CT molecular complexity index is 3630. The zero-order valence-electron chi connectivity index (χ0n) is 33.9. The highest BCUT2D eigenvalue weighted by Crippen LogP contribution is 2.46. The molecule has 0 fully saturated rings. The lowest BCUT2D eigenvalue weighted by atomic mass is 9.84. The van der Waals surface area contributed by atoms with E-state index in [0.29, 0.717) is 0 Å². The molecule has 0 unspecified atom stereocenters. The van der Waals surface area contributed by atoms with Gasteiger partial charge < -0.3 is 9.32 Å². The molecule has 12 aromatic rings. The molecular weight excluding hydrogens is 751 g/mol. The highest BCUT2D eigenvalue weighted by Gasteiger charge is 2.20. The van der Waals surface area contributed by atoms with Gasteiger partial charge in [0.05, 0.1) is 0 Å². The number of rotatable bonds is 7. The van der Waals surface area contributed by atoms with E-state index in [1.54, 1.807) is 0 Å². The minimum absolute atomic E-state index is 0.861. The van der Waals surface area contributed by atoms with E-state index >= 15 is 0 Å². The molecule has 0 bridgehead atoms. The second kappa shape index (κ2) is 14.8. The molecule has 1 heterocycles. The summed E-state index contributed by atoms with van der Waals surface area (Å²) >= 11 is 0. The van der Waals surface area contributed by atoms with Crippen LogP contribution in [0.1, 0.15) is 0 Å². The molecule has 62 heavy (non-hydrogen) atoms. The monoisotopic (exact) mass is 789 g/mol. The van der Waals surface area contributed by atoms with Crippen LogP contribution in [0.15, 0.2) is 241 Å². The SMILES string of the molecule is c1ccc(-c2c(-c3ccccc3)c3cc(-c4cccc(N(c5cccc(-c6cccc7ccccc67)c5)c5ccc6c(c5)oc5ccccc56)c4)ccc3c3ccccc23)cc1. The summed E-state index contributed by atoms with van der Waals surface area (Å²) < 4.78 is 6.48. The molecule has 0 atom stereocenters. The molecule has 290 valence electrons. The van der Waals surface area contributed by atoms with E-state index < -0.39 is 0 Å². The molecule has 0 aliphatic rings. The summed E-state index contributed by atoms with van der Waals surface area (Å²) in [5, 5.41) is 9.66. The van der Waals surface area contributed by atoms with Crippen molar-refractivity contribution in [1.29, 1.82) is 0 Å². The maximum atomic E-state index is 6.48. The third kappa shape index (κ3) is 6.04. The number of furan rings is 1. The Morgan fingerprint density at radius 3 is 1.53 bits per heavy atom. The molecule has 0 radical (unpaired) electrons. The average Bonchev–Trinajstić information content (AvgIpc) is 3.72. The van der Waals surface area contributed by atoms with E-state index in [1.165, 1.54) is 60.1 Å². The van der Waals surface area contributed by atoms with Crippen LogP contribution in [0.25, 0.3) is 98.8 Å². The minimum Gasteiger partial charge on any atom is -0.456 e. The Labute approximate surface area is 360 Å². The molecule has 0 N–H and O–H groups in total. The fraction of sp³-hybridized carbons (Fsp3) is 0. The summed E-state index contributed by atoms with van der Waals surface area (Å²) in [6.07, 6.45) is 0. The van der Waals surface area contributed by atoms with Gasteiger partial charge in [-0.1, -0.05) is 182 Å². The van der Waals surface area contributed by atoms with Crippen molar-refractivity contribution in [2.24, 2.45) is 0 Å². The van der Waals surface area contributed by atoms with Crippen LogP contribution < -0.4 is 4.90 Å².